The summed E-state index contributed by atoms with van der Waals surface area (Å²) in [5.74, 6) is -0.256. The molecule has 21 heavy (non-hydrogen) atoms. The molecule has 0 aliphatic carbocycles. The summed E-state index contributed by atoms with van der Waals surface area (Å²) in [5.41, 5.74) is 2.77. The Kier molecular flexibility index (Phi) is 4.03. The SMILES string of the molecule is OCCc1ccnc(-c2cnc(-c3ccc(F)cc3)s2)c1. The van der Waals surface area contributed by atoms with Crippen molar-refractivity contribution in [3.63, 3.8) is 0 Å². The van der Waals surface area contributed by atoms with Crippen molar-refractivity contribution < 1.29 is 9.50 Å². The molecule has 0 spiro atoms. The van der Waals surface area contributed by atoms with Crippen LogP contribution in [0.1, 0.15) is 5.56 Å². The summed E-state index contributed by atoms with van der Waals surface area (Å²) >= 11 is 1.51. The van der Waals surface area contributed by atoms with Gasteiger partial charge in [0.1, 0.15) is 10.8 Å². The van der Waals surface area contributed by atoms with Crippen molar-refractivity contribution >= 4 is 11.3 Å². The average molecular weight is 300 g/mol. The minimum atomic E-state index is -0.256. The lowest BCUT2D eigenvalue weighted by molar-refractivity contribution is 0.299. The van der Waals surface area contributed by atoms with E-state index in [0.29, 0.717) is 6.42 Å². The summed E-state index contributed by atoms with van der Waals surface area (Å²) in [6, 6.07) is 10.1. The van der Waals surface area contributed by atoms with Gasteiger partial charge in [-0.1, -0.05) is 0 Å². The molecule has 0 saturated heterocycles. The minimum absolute atomic E-state index is 0.118. The zero-order valence-corrected chi connectivity index (χ0v) is 12.0. The molecule has 3 rings (SSSR count). The zero-order valence-electron chi connectivity index (χ0n) is 11.2. The number of thiazole rings is 1. The van der Waals surface area contributed by atoms with Crippen molar-refractivity contribution in [2.45, 2.75) is 6.42 Å². The Bertz CT molecular complexity index is 740. The Balaban J connectivity index is 1.91. The van der Waals surface area contributed by atoms with Gasteiger partial charge in [0.25, 0.3) is 0 Å². The van der Waals surface area contributed by atoms with Crippen LogP contribution >= 0.6 is 11.3 Å². The highest BCUT2D eigenvalue weighted by atomic mass is 32.1. The van der Waals surface area contributed by atoms with Gasteiger partial charge in [-0.25, -0.2) is 9.37 Å². The van der Waals surface area contributed by atoms with Gasteiger partial charge in [-0.3, -0.25) is 4.98 Å². The number of aromatic nitrogens is 2. The van der Waals surface area contributed by atoms with E-state index >= 15 is 0 Å². The Hall–Kier alpha value is -2.11. The van der Waals surface area contributed by atoms with Gasteiger partial charge in [0.15, 0.2) is 0 Å². The third-order valence-electron chi connectivity index (χ3n) is 3.07. The van der Waals surface area contributed by atoms with Crippen LogP contribution in [-0.2, 0) is 6.42 Å². The summed E-state index contributed by atoms with van der Waals surface area (Å²) < 4.78 is 12.9. The molecular weight excluding hydrogens is 287 g/mol. The summed E-state index contributed by atoms with van der Waals surface area (Å²) in [6.45, 7) is 0.118. The summed E-state index contributed by atoms with van der Waals surface area (Å²) in [5, 5.41) is 9.83. The van der Waals surface area contributed by atoms with Crippen molar-refractivity contribution in [3.8, 4) is 21.1 Å². The van der Waals surface area contributed by atoms with Gasteiger partial charge in [-0.15, -0.1) is 11.3 Å². The number of hydrogen-bond acceptors (Lipinski definition) is 4. The molecule has 5 heteroatoms. The van der Waals surface area contributed by atoms with Gasteiger partial charge in [-0.2, -0.15) is 0 Å². The largest absolute Gasteiger partial charge is 0.396 e. The van der Waals surface area contributed by atoms with E-state index < -0.39 is 0 Å². The monoisotopic (exact) mass is 300 g/mol. The van der Waals surface area contributed by atoms with Gasteiger partial charge in [0.05, 0.1) is 10.6 Å². The molecule has 1 N–H and O–H groups in total. The molecule has 1 aromatic carbocycles. The molecule has 0 bridgehead atoms. The molecule has 0 fully saturated rings. The van der Waals surface area contributed by atoms with Crippen LogP contribution in [0.15, 0.2) is 48.8 Å². The van der Waals surface area contributed by atoms with Crippen LogP contribution in [0.4, 0.5) is 4.39 Å². The summed E-state index contributed by atoms with van der Waals surface area (Å²) in [4.78, 5) is 9.67. The Morgan fingerprint density at radius 1 is 1.10 bits per heavy atom. The number of aliphatic hydroxyl groups is 1. The smallest absolute Gasteiger partial charge is 0.123 e. The van der Waals surface area contributed by atoms with Gasteiger partial charge in [-0.05, 0) is 48.4 Å². The molecule has 0 aliphatic rings. The van der Waals surface area contributed by atoms with Crippen molar-refractivity contribution in [1.82, 2.24) is 9.97 Å². The second kappa shape index (κ2) is 6.11. The summed E-state index contributed by atoms with van der Waals surface area (Å²) in [6.07, 6.45) is 4.12. The van der Waals surface area contributed by atoms with Crippen molar-refractivity contribution in [2.24, 2.45) is 0 Å². The predicted octanol–water partition coefficient (Wildman–Crippen LogP) is 3.55. The maximum atomic E-state index is 12.9. The highest BCUT2D eigenvalue weighted by Crippen LogP contribution is 2.31. The number of aliphatic hydroxyl groups excluding tert-OH is 1. The van der Waals surface area contributed by atoms with Crippen LogP contribution in [-0.4, -0.2) is 21.7 Å². The molecule has 2 aromatic heterocycles. The Labute approximate surface area is 125 Å². The second-order valence-corrected chi connectivity index (χ2v) is 5.59. The van der Waals surface area contributed by atoms with Crippen molar-refractivity contribution in [3.05, 3.63) is 60.2 Å². The van der Waals surface area contributed by atoms with Crippen LogP contribution in [0.25, 0.3) is 21.1 Å². The maximum absolute atomic E-state index is 12.9. The van der Waals surface area contributed by atoms with Crippen molar-refractivity contribution in [2.75, 3.05) is 6.61 Å². The van der Waals surface area contributed by atoms with E-state index in [2.05, 4.69) is 9.97 Å². The number of hydrogen-bond donors (Lipinski definition) is 1. The highest BCUT2D eigenvalue weighted by molar-refractivity contribution is 7.18. The van der Waals surface area contributed by atoms with E-state index in [1.807, 2.05) is 12.1 Å². The first-order chi connectivity index (χ1) is 10.3. The lowest BCUT2D eigenvalue weighted by atomic mass is 10.1. The molecule has 0 unspecified atom stereocenters. The molecular formula is C16H13FN2OS. The van der Waals surface area contributed by atoms with E-state index in [0.717, 1.165) is 26.7 Å². The van der Waals surface area contributed by atoms with Gasteiger partial charge in [0, 0.05) is 24.6 Å². The molecule has 106 valence electrons. The first-order valence-corrected chi connectivity index (χ1v) is 7.36. The summed E-state index contributed by atoms with van der Waals surface area (Å²) in [7, 11) is 0. The number of benzene rings is 1. The molecule has 2 heterocycles. The number of halogens is 1. The van der Waals surface area contributed by atoms with Crippen LogP contribution in [0.3, 0.4) is 0 Å². The number of rotatable bonds is 4. The second-order valence-electron chi connectivity index (χ2n) is 4.56. The molecule has 0 radical (unpaired) electrons. The normalized spacial score (nSPS) is 10.8. The molecule has 0 amide bonds. The fourth-order valence-electron chi connectivity index (χ4n) is 2.01. The zero-order chi connectivity index (χ0) is 14.7. The number of pyridine rings is 1. The standard InChI is InChI=1S/C16H13FN2OS/c17-13-3-1-12(2-4-13)16-19-10-15(21-16)14-9-11(6-8-20)5-7-18-14/h1-5,7,9-10,20H,6,8H2. The van der Waals surface area contributed by atoms with Gasteiger partial charge >= 0.3 is 0 Å². The topological polar surface area (TPSA) is 46.0 Å². The van der Waals surface area contributed by atoms with E-state index in [4.69, 9.17) is 5.11 Å². The molecule has 0 atom stereocenters. The fraction of sp³-hybridized carbons (Fsp3) is 0.125. The first kappa shape index (κ1) is 13.9. The third kappa shape index (κ3) is 3.15. The molecule has 0 aliphatic heterocycles. The lowest BCUT2D eigenvalue weighted by Crippen LogP contribution is -1.91. The van der Waals surface area contributed by atoms with E-state index in [9.17, 15) is 4.39 Å². The molecule has 3 nitrogen and oxygen atoms in total. The first-order valence-electron chi connectivity index (χ1n) is 6.54. The highest BCUT2D eigenvalue weighted by Gasteiger charge is 2.08. The predicted molar refractivity (Wildman–Crippen MR) is 81.5 cm³/mol. The van der Waals surface area contributed by atoms with Crippen LogP contribution in [0, 0.1) is 5.82 Å². The third-order valence-corrected chi connectivity index (χ3v) is 4.14. The molecule has 3 aromatic rings. The maximum Gasteiger partial charge on any atom is 0.123 e. The van der Waals surface area contributed by atoms with Crippen LogP contribution in [0.5, 0.6) is 0 Å². The number of nitrogens with zero attached hydrogens (tertiary/aromatic N) is 2. The Morgan fingerprint density at radius 3 is 2.67 bits per heavy atom. The van der Waals surface area contributed by atoms with Gasteiger partial charge in [0.2, 0.25) is 0 Å². The van der Waals surface area contributed by atoms with E-state index in [-0.39, 0.29) is 12.4 Å². The lowest BCUT2D eigenvalue weighted by Gasteiger charge is -2.00. The Morgan fingerprint density at radius 2 is 1.90 bits per heavy atom. The van der Waals surface area contributed by atoms with E-state index in [1.165, 1.54) is 23.5 Å². The van der Waals surface area contributed by atoms with Crippen molar-refractivity contribution in [1.29, 1.82) is 0 Å². The average Bonchev–Trinajstić information content (AvgIpc) is 2.98. The van der Waals surface area contributed by atoms with Gasteiger partial charge < -0.3 is 5.11 Å². The fourth-order valence-corrected chi connectivity index (χ4v) is 2.90. The van der Waals surface area contributed by atoms with E-state index in [1.54, 1.807) is 24.5 Å². The molecule has 0 saturated carbocycles. The minimum Gasteiger partial charge on any atom is -0.396 e. The quantitative estimate of drug-likeness (QED) is 0.801. The van der Waals surface area contributed by atoms with Crippen LogP contribution < -0.4 is 0 Å². The van der Waals surface area contributed by atoms with Crippen LogP contribution in [0.2, 0.25) is 0 Å².